The molecule has 0 unspecified atom stereocenters. The highest BCUT2D eigenvalue weighted by atomic mass is 32.2. The van der Waals surface area contributed by atoms with E-state index in [0.717, 1.165) is 32.1 Å². The van der Waals surface area contributed by atoms with E-state index in [2.05, 4.69) is 35.4 Å². The molecular weight excluding hydrogens is 382 g/mol. The van der Waals surface area contributed by atoms with Crippen LogP contribution in [0.3, 0.4) is 0 Å². The van der Waals surface area contributed by atoms with Gasteiger partial charge in [-0.3, -0.25) is 4.79 Å². The van der Waals surface area contributed by atoms with Crippen LogP contribution in [0.1, 0.15) is 62.5 Å². The zero-order valence-corrected chi connectivity index (χ0v) is 15.2. The van der Waals surface area contributed by atoms with Gasteiger partial charge >= 0.3 is 5.97 Å². The Bertz CT molecular complexity index is 453. The Hall–Kier alpha value is -1.38. The molecule has 2 nitrogen and oxygen atoms in total. The summed E-state index contributed by atoms with van der Waals surface area (Å²) in [6, 6.07) is 8.91. The minimum atomic E-state index is -0.407. The van der Waals surface area contributed by atoms with Crippen molar-refractivity contribution in [1.29, 1.82) is 0 Å². The van der Waals surface area contributed by atoms with Gasteiger partial charge in [-0.2, -0.15) is 0 Å². The summed E-state index contributed by atoms with van der Waals surface area (Å²) in [6.45, 7) is 2.21. The van der Waals surface area contributed by atoms with Gasteiger partial charge in [0.25, 0.3) is 12.4 Å². The Morgan fingerprint density at radius 1 is 1.04 bits per heavy atom. The number of unbranched alkanes of at least 4 members (excludes halogenated alkanes) is 1. The monoisotopic (exact) mass is 405 g/mol. The third kappa shape index (κ3) is 9.35. The third-order valence-electron chi connectivity index (χ3n) is 4.44. The number of aryl methyl sites for hydroxylation is 1. The summed E-state index contributed by atoms with van der Waals surface area (Å²) in [5.41, 5.74) is 2.76. The van der Waals surface area contributed by atoms with Crippen LogP contribution in [-0.4, -0.2) is 5.97 Å². The van der Waals surface area contributed by atoms with Crippen LogP contribution in [0.2, 0.25) is 0 Å². The molecular formula is C17H23F6O2S-5. The van der Waals surface area contributed by atoms with Crippen molar-refractivity contribution in [1.82, 2.24) is 0 Å². The molecule has 0 aliphatic heterocycles. The van der Waals surface area contributed by atoms with E-state index >= 15 is 0 Å². The summed E-state index contributed by atoms with van der Waals surface area (Å²) < 4.78 is 16.3. The molecule has 0 radical (unpaired) electrons. The number of halogens is 6. The zero-order chi connectivity index (χ0) is 15.1. The number of rotatable bonds is 6. The van der Waals surface area contributed by atoms with E-state index in [1.54, 1.807) is 0 Å². The second-order valence-corrected chi connectivity index (χ2v) is 6.15. The molecule has 1 fully saturated rings. The summed E-state index contributed by atoms with van der Waals surface area (Å²) in [6.07, 6.45) is 7.15. The molecule has 9 heteroatoms. The number of hydrogen-bond acceptors (Lipinski definition) is 3. The molecule has 156 valence electrons. The standard InChI is InChI=1S/C17H23FO2S.5FH/c1-2-3-4-13-5-7-14(8-6-13)15-9-11-16(12-10-15)17(19)20-21-18;;;;;/h5-8,15-16H,2-4,9-12H2,1H3;5*1H/p-5. The van der Waals surface area contributed by atoms with Crippen LogP contribution < -0.4 is 23.5 Å². The van der Waals surface area contributed by atoms with E-state index in [0.29, 0.717) is 5.92 Å². The predicted octanol–water partition coefficient (Wildman–Crippen LogP) is -9.60. The minimum Gasteiger partial charge on any atom is -1.00 e. The fourth-order valence-corrected chi connectivity index (χ4v) is 3.30. The van der Waals surface area contributed by atoms with E-state index < -0.39 is 5.97 Å². The lowest BCUT2D eigenvalue weighted by atomic mass is 9.78. The molecule has 1 aliphatic carbocycles. The average Bonchev–Trinajstić information content (AvgIpc) is 2.54. The minimum absolute atomic E-state index is 0. The second kappa shape index (κ2) is 17.1. The van der Waals surface area contributed by atoms with Gasteiger partial charge in [0, 0.05) is 0 Å². The first-order valence-corrected chi connectivity index (χ1v) is 8.46. The van der Waals surface area contributed by atoms with Crippen molar-refractivity contribution >= 4 is 18.4 Å². The van der Waals surface area contributed by atoms with Crippen LogP contribution in [0.4, 0.5) is 3.89 Å². The topological polar surface area (TPSA) is 26.3 Å². The lowest BCUT2D eigenvalue weighted by Gasteiger charge is -2.27. The molecule has 0 bridgehead atoms. The fraction of sp³-hybridized carbons (Fsp3) is 0.588. The maximum absolute atomic E-state index is 11.9. The second-order valence-electron chi connectivity index (χ2n) is 5.86. The number of carbonyl (C=O) groups is 1. The Kier molecular flexibility index (Phi) is 21.2. The predicted molar refractivity (Wildman–Crippen MR) is 84.5 cm³/mol. The van der Waals surface area contributed by atoms with Gasteiger partial charge in [-0.15, -0.1) is 3.89 Å². The highest BCUT2D eigenvalue weighted by molar-refractivity contribution is 7.89. The van der Waals surface area contributed by atoms with E-state index in [1.165, 1.54) is 24.0 Å². The highest BCUT2D eigenvalue weighted by Gasteiger charge is 2.28. The molecule has 0 N–H and O–H groups in total. The Morgan fingerprint density at radius 2 is 1.58 bits per heavy atom. The molecule has 26 heavy (non-hydrogen) atoms. The van der Waals surface area contributed by atoms with E-state index in [-0.39, 0.29) is 41.9 Å². The molecule has 0 amide bonds. The molecule has 2 rings (SSSR count). The van der Waals surface area contributed by atoms with Gasteiger partial charge in [0.05, 0.1) is 5.92 Å². The van der Waals surface area contributed by atoms with Crippen molar-refractivity contribution in [2.75, 3.05) is 0 Å². The maximum Gasteiger partial charge on any atom is 0.323 e. The molecule has 1 saturated carbocycles. The van der Waals surface area contributed by atoms with Crippen molar-refractivity contribution in [2.45, 2.75) is 57.8 Å². The van der Waals surface area contributed by atoms with Gasteiger partial charge in [0.2, 0.25) is 0 Å². The zero-order valence-electron chi connectivity index (χ0n) is 14.4. The van der Waals surface area contributed by atoms with E-state index in [4.69, 9.17) is 0 Å². The Morgan fingerprint density at radius 3 is 2.04 bits per heavy atom. The number of carbonyl (C=O) groups excluding carboxylic acids is 1. The van der Waals surface area contributed by atoms with Gasteiger partial charge in [0.1, 0.15) is 0 Å². The van der Waals surface area contributed by atoms with Crippen LogP contribution in [-0.2, 0) is 15.4 Å². The van der Waals surface area contributed by atoms with Gasteiger partial charge in [0.15, 0.2) is 0 Å². The number of benzene rings is 1. The van der Waals surface area contributed by atoms with E-state index in [1.807, 2.05) is 0 Å². The number of hydrogen-bond donors (Lipinski definition) is 0. The lowest BCUT2D eigenvalue weighted by Crippen LogP contribution is -3.00. The first-order valence-electron chi connectivity index (χ1n) is 7.82. The quantitative estimate of drug-likeness (QED) is 0.348. The first-order chi connectivity index (χ1) is 10.2. The molecule has 1 aromatic carbocycles. The fourth-order valence-electron chi connectivity index (χ4n) is 3.10. The molecule has 0 atom stereocenters. The largest absolute Gasteiger partial charge is 1.00 e. The van der Waals surface area contributed by atoms with Crippen molar-refractivity contribution in [3.63, 3.8) is 0 Å². The third-order valence-corrected chi connectivity index (χ3v) is 4.67. The van der Waals surface area contributed by atoms with Gasteiger partial charge in [-0.05, 0) is 55.6 Å². The molecule has 0 spiro atoms. The van der Waals surface area contributed by atoms with E-state index in [9.17, 15) is 8.68 Å². The smallest absolute Gasteiger partial charge is 0.323 e. The molecule has 0 aromatic heterocycles. The summed E-state index contributed by atoms with van der Waals surface area (Å²) in [5.74, 6) is -0.0171. The summed E-state index contributed by atoms with van der Waals surface area (Å²) >= 11 is -0.341. The van der Waals surface area contributed by atoms with Gasteiger partial charge in [-0.1, -0.05) is 37.6 Å². The van der Waals surface area contributed by atoms with Crippen molar-refractivity contribution < 1.29 is 36.4 Å². The summed E-state index contributed by atoms with van der Waals surface area (Å²) in [4.78, 5) is 11.5. The van der Waals surface area contributed by atoms with Crippen molar-refractivity contribution in [2.24, 2.45) is 5.92 Å². The average molecular weight is 405 g/mol. The SMILES string of the molecule is CCCCc1ccc(C2CCC(C(=O)OSF)CC2)cc1.[F-].[F-].[F-].[F-].[F-]. The van der Waals surface area contributed by atoms with Gasteiger partial charge in [-0.25, -0.2) is 0 Å². The van der Waals surface area contributed by atoms with Crippen LogP contribution >= 0.6 is 12.4 Å². The molecule has 0 heterocycles. The van der Waals surface area contributed by atoms with Gasteiger partial charge < -0.3 is 27.7 Å². The summed E-state index contributed by atoms with van der Waals surface area (Å²) in [7, 11) is 0. The van der Waals surface area contributed by atoms with Crippen molar-refractivity contribution in [3.8, 4) is 0 Å². The molecule has 1 aromatic rings. The molecule has 0 saturated heterocycles. The van der Waals surface area contributed by atoms with Crippen molar-refractivity contribution in [3.05, 3.63) is 35.4 Å². The van der Waals surface area contributed by atoms with Crippen LogP contribution in [0, 0.1) is 5.92 Å². The lowest BCUT2D eigenvalue weighted by molar-refractivity contribution is -0.138. The first kappa shape index (κ1) is 32.3. The Balaban J connectivity index is -0.000000484. The van der Waals surface area contributed by atoms with Crippen LogP contribution in [0.15, 0.2) is 24.3 Å². The summed E-state index contributed by atoms with van der Waals surface area (Å²) in [5, 5.41) is 0. The van der Waals surface area contributed by atoms with Crippen LogP contribution in [0.5, 0.6) is 0 Å². The normalized spacial score (nSPS) is 17.8. The van der Waals surface area contributed by atoms with Crippen LogP contribution in [0.25, 0.3) is 0 Å². The highest BCUT2D eigenvalue weighted by Crippen LogP contribution is 2.36. The molecule has 1 aliphatic rings. The maximum atomic E-state index is 11.9. The Labute approximate surface area is 154 Å².